The second-order valence-corrected chi connectivity index (χ2v) is 29.0. The summed E-state index contributed by atoms with van der Waals surface area (Å²) in [6.07, 6.45) is -9.28. The zero-order valence-electron chi connectivity index (χ0n) is 67.3. The van der Waals surface area contributed by atoms with Crippen molar-refractivity contribution in [3.05, 3.63) is 177 Å². The van der Waals surface area contributed by atoms with Crippen molar-refractivity contribution in [3.63, 3.8) is 0 Å². The molecular weight excluding hydrogens is 1800 g/mol. The van der Waals surface area contributed by atoms with Crippen molar-refractivity contribution >= 4 is 65.7 Å². The fourth-order valence-corrected chi connectivity index (χ4v) is 12.9. The first-order valence-corrected chi connectivity index (χ1v) is 37.8. The normalized spacial score (nSPS) is 15.3. The minimum atomic E-state index is -3.12. The zero-order chi connectivity index (χ0) is 98.4. The van der Waals surface area contributed by atoms with Gasteiger partial charge in [-0.3, -0.25) is 4.79 Å². The largest absolute Gasteiger partial charge is 0.504 e. The lowest BCUT2D eigenvalue weighted by molar-refractivity contribution is -0.282. The molecule has 28 N–H and O–H groups in total. The van der Waals surface area contributed by atoms with E-state index < -0.39 is 331 Å². The van der Waals surface area contributed by atoms with Crippen LogP contribution in [0.5, 0.6) is 172 Å². The number of carboxylic acid groups (broad SMARTS) is 1. The van der Waals surface area contributed by atoms with E-state index in [4.69, 9.17) is 62.9 Å². The number of aromatic hydroxyl groups is 25. The first kappa shape index (κ1) is 95.9. The third-order valence-electron chi connectivity index (χ3n) is 19.8. The number of nitrogens with two attached hydrogens (primary N) is 1. The van der Waals surface area contributed by atoms with Crippen molar-refractivity contribution in [1.82, 2.24) is 0 Å². The molecule has 1 saturated heterocycles. The van der Waals surface area contributed by atoms with Crippen molar-refractivity contribution in [1.29, 1.82) is 0 Å². The minimum absolute atomic E-state index is 0.0793. The van der Waals surface area contributed by atoms with Crippen molar-refractivity contribution in [3.8, 4) is 172 Å². The molecular formula is C85H69NO48. The first-order valence-electron chi connectivity index (χ1n) is 37.8. The van der Waals surface area contributed by atoms with E-state index in [-0.39, 0.29) is 11.8 Å². The van der Waals surface area contributed by atoms with Gasteiger partial charge in [-0.2, -0.15) is 0 Å². The Bertz CT molecular complexity index is 6350. The molecule has 0 spiro atoms. The highest BCUT2D eigenvalue weighted by Crippen LogP contribution is 2.49. The number of carbonyl (C=O) groups excluding carboxylic acids is 10. The summed E-state index contributed by atoms with van der Waals surface area (Å²) in [5.74, 6) is -56.7. The standard InChI is InChI=1S/C76H52O46.C9H17NO2/c77-32-1-22(2-33(78)53(32)92)67(103)113-47-16-27(11-42(87)58(47)97)66(102)112-21-52-63(119-72(108)28-12-43(88)59(98)48(17-28)114-68(104)23-3-34(79)54(93)35(80)4-23)64(120-73(109)29-13-44(89)60(99)49(18-29)115-69(105)24-5-36(81)55(94)37(82)6-24)65(121-74(110)30-14-45(90)61(100)50(19-30)116-70(106)25-7-38(83)56(95)39(84)8-25)76(118-52)122-75(111)31-15-46(91)62(101)51(20-31)117-71(107)26-9-40(85)57(96)41(86)10-26;10-7-9(6-8(11)12)4-2-1-3-5-9/h1-20,52,63-65,76-101H,21H2;1-7,10H2,(H,11,12)/t52-,63-,64+,65-,76+;/m1./s1. The summed E-state index contributed by atoms with van der Waals surface area (Å²) in [4.78, 5) is 153. The number of benzene rings is 10. The molecule has 2 aliphatic rings. The molecule has 12 rings (SSSR count). The molecule has 1 aliphatic carbocycles. The molecule has 1 saturated carbocycles. The number of rotatable bonds is 24. The smallest absolute Gasteiger partial charge is 0.343 e. The summed E-state index contributed by atoms with van der Waals surface area (Å²) in [6.45, 7) is -1.18. The van der Waals surface area contributed by atoms with Crippen LogP contribution in [0.15, 0.2) is 121 Å². The zero-order valence-corrected chi connectivity index (χ0v) is 67.3. The fraction of sp³-hybridized carbons (Fsp3) is 0.165. The fourth-order valence-electron chi connectivity index (χ4n) is 12.9. The summed E-state index contributed by atoms with van der Waals surface area (Å²) < 4.78 is 60.4. The van der Waals surface area contributed by atoms with E-state index in [1.54, 1.807) is 0 Å². The second kappa shape index (κ2) is 38.9. The van der Waals surface area contributed by atoms with Gasteiger partial charge in [0.15, 0.2) is 156 Å². The maximum absolute atomic E-state index is 15.3. The van der Waals surface area contributed by atoms with Crippen molar-refractivity contribution in [2.24, 2.45) is 11.1 Å². The summed E-state index contributed by atoms with van der Waals surface area (Å²) in [6, 6.07) is 8.56. The van der Waals surface area contributed by atoms with Gasteiger partial charge in [-0.05, 0) is 146 Å². The van der Waals surface area contributed by atoms with Gasteiger partial charge in [-0.1, -0.05) is 19.3 Å². The second-order valence-electron chi connectivity index (χ2n) is 29.0. The van der Waals surface area contributed by atoms with Crippen LogP contribution >= 0.6 is 0 Å². The molecule has 10 aromatic carbocycles. The van der Waals surface area contributed by atoms with E-state index in [0.29, 0.717) is 128 Å². The van der Waals surface area contributed by atoms with Crippen LogP contribution in [-0.2, 0) is 33.2 Å². The summed E-state index contributed by atoms with van der Waals surface area (Å²) >= 11 is 0. The molecule has 5 atom stereocenters. The SMILES string of the molecule is NCC1(CC(=O)O)CCCCC1.O=C(OC[C@H]1O[C@@H](OC(=O)c2cc(O)c(O)c(OC(=O)c3cc(O)c(O)c(O)c3)c2)[C@H](OC(=O)c2cc(O)c(O)c(OC(=O)c3cc(O)c(O)c(O)c3)c2)[C@@H](OC(=O)c2cc(O)c(O)c(OC(=O)c3cc(O)c(O)c(O)c3)c2)[C@@H]1OC(=O)c1cc(O)c(O)c(OC(=O)c2cc(O)c(O)c(O)c2)c1)c1cc(O)c(O)c(OC(=O)c2cc(O)c(O)c(O)c2)c1. The van der Waals surface area contributed by atoms with Gasteiger partial charge in [-0.15, -0.1) is 0 Å². The van der Waals surface area contributed by atoms with Gasteiger partial charge in [0.05, 0.1) is 62.1 Å². The highest BCUT2D eigenvalue weighted by molar-refractivity contribution is 6.00. The van der Waals surface area contributed by atoms with E-state index >= 15 is 14.4 Å². The molecule has 1 heterocycles. The molecule has 2 fully saturated rings. The third kappa shape index (κ3) is 21.1. The summed E-state index contributed by atoms with van der Waals surface area (Å²) in [5.41, 5.74) is -4.35. The number of carbonyl (C=O) groups is 11. The molecule has 702 valence electrons. The number of hydrogen-bond donors (Lipinski definition) is 27. The Morgan fingerprint density at radius 3 is 0.716 bits per heavy atom. The lowest BCUT2D eigenvalue weighted by Crippen LogP contribution is -2.63. The van der Waals surface area contributed by atoms with E-state index in [9.17, 15) is 166 Å². The summed E-state index contributed by atoms with van der Waals surface area (Å²) in [7, 11) is 0. The van der Waals surface area contributed by atoms with Gasteiger partial charge in [0, 0.05) is 0 Å². The number of phenolic OH excluding ortho intramolecular Hbond substituents is 25. The van der Waals surface area contributed by atoms with E-state index in [1.807, 2.05) is 0 Å². The number of carboxylic acids is 1. The van der Waals surface area contributed by atoms with Crippen LogP contribution in [0.1, 0.15) is 142 Å². The molecule has 0 amide bonds. The maximum Gasteiger partial charge on any atom is 0.343 e. The molecule has 49 heteroatoms. The van der Waals surface area contributed by atoms with Crippen molar-refractivity contribution in [2.75, 3.05) is 13.2 Å². The van der Waals surface area contributed by atoms with Gasteiger partial charge in [-0.25, -0.2) is 47.9 Å². The van der Waals surface area contributed by atoms with Crippen LogP contribution in [0.4, 0.5) is 0 Å². The lowest BCUT2D eigenvalue weighted by Gasteiger charge is -2.43. The Labute approximate surface area is 743 Å². The van der Waals surface area contributed by atoms with Crippen LogP contribution < -0.4 is 29.4 Å². The Hall–Kier alpha value is -18.7. The number of aliphatic carboxylic acids is 1. The third-order valence-corrected chi connectivity index (χ3v) is 19.8. The van der Waals surface area contributed by atoms with Crippen LogP contribution in [0.3, 0.4) is 0 Å². The maximum atomic E-state index is 15.3. The highest BCUT2D eigenvalue weighted by Gasteiger charge is 2.55. The predicted molar refractivity (Wildman–Crippen MR) is 430 cm³/mol. The Morgan fingerprint density at radius 1 is 0.269 bits per heavy atom. The topological polar surface area (TPSA) is 841 Å². The molecule has 49 nitrogen and oxygen atoms in total. The average Bonchev–Trinajstić information content (AvgIpc) is 0.761. The van der Waals surface area contributed by atoms with Gasteiger partial charge in [0.2, 0.25) is 41.1 Å². The minimum Gasteiger partial charge on any atom is -0.504 e. The molecule has 1 aliphatic heterocycles. The summed E-state index contributed by atoms with van der Waals surface area (Å²) in [5, 5.41) is 270. The van der Waals surface area contributed by atoms with Gasteiger partial charge in [0.25, 0.3) is 0 Å². The molecule has 0 aromatic heterocycles. The lowest BCUT2D eigenvalue weighted by atomic mass is 9.72. The van der Waals surface area contributed by atoms with E-state index in [0.717, 1.165) is 25.7 Å². The van der Waals surface area contributed by atoms with E-state index in [2.05, 4.69) is 0 Å². The van der Waals surface area contributed by atoms with Crippen LogP contribution in [-0.4, -0.2) is 242 Å². The number of phenols is 25. The molecule has 0 bridgehead atoms. The van der Waals surface area contributed by atoms with Crippen molar-refractivity contribution < 1.29 is 238 Å². The predicted octanol–water partition coefficient (Wildman–Crippen LogP) is 6.21. The monoisotopic (exact) mass is 1870 g/mol. The van der Waals surface area contributed by atoms with Gasteiger partial charge < -0.3 is 191 Å². The van der Waals surface area contributed by atoms with Gasteiger partial charge >= 0.3 is 65.7 Å². The van der Waals surface area contributed by atoms with E-state index in [1.165, 1.54) is 6.42 Å². The molecule has 0 radical (unpaired) electrons. The van der Waals surface area contributed by atoms with Crippen LogP contribution in [0, 0.1) is 5.41 Å². The molecule has 134 heavy (non-hydrogen) atoms. The van der Waals surface area contributed by atoms with Crippen molar-refractivity contribution in [2.45, 2.75) is 69.2 Å². The Balaban J connectivity index is 0.00000133. The number of hydrogen-bond acceptors (Lipinski definition) is 48. The number of esters is 10. The molecule has 0 unspecified atom stereocenters. The first-order chi connectivity index (χ1) is 63.0. The Morgan fingerprint density at radius 2 is 0.478 bits per heavy atom. The quantitative estimate of drug-likeness (QED) is 0.0138. The average molecular weight is 1870 g/mol. The van der Waals surface area contributed by atoms with Crippen LogP contribution in [0.2, 0.25) is 0 Å². The molecule has 10 aromatic rings. The highest BCUT2D eigenvalue weighted by atomic mass is 16.8. The van der Waals surface area contributed by atoms with Gasteiger partial charge in [0.1, 0.15) is 12.7 Å². The Kier molecular flexibility index (Phi) is 27.8. The van der Waals surface area contributed by atoms with Crippen LogP contribution in [0.25, 0.3) is 0 Å². The number of ether oxygens (including phenoxy) is 11.